The van der Waals surface area contributed by atoms with Crippen LogP contribution in [0.1, 0.15) is 0 Å². The van der Waals surface area contributed by atoms with Gasteiger partial charge in [0.2, 0.25) is 0 Å². The summed E-state index contributed by atoms with van der Waals surface area (Å²) >= 11 is 0. The maximum atomic E-state index is 5.22. The Morgan fingerprint density at radius 3 is 3.00 bits per heavy atom. The molecule has 0 bridgehead atoms. The van der Waals surface area contributed by atoms with Crippen molar-refractivity contribution in [3.63, 3.8) is 0 Å². The van der Waals surface area contributed by atoms with E-state index in [0.29, 0.717) is 6.10 Å². The maximum Gasteiger partial charge on any atom is 0.104 e. The molecular weight excluding hydrogens is 120 g/mol. The first kappa shape index (κ1) is 6.26. The van der Waals surface area contributed by atoms with Crippen LogP contribution in [-0.4, -0.2) is 36.2 Å². The van der Waals surface area contributed by atoms with Crippen LogP contribution in [0.25, 0.3) is 0 Å². The van der Waals surface area contributed by atoms with E-state index < -0.39 is 0 Å². The Bertz CT molecular complexity index is 63.4. The summed E-state index contributed by atoms with van der Waals surface area (Å²) in [4.78, 5) is 0. The molecule has 0 N–H and O–H groups in total. The van der Waals surface area contributed by atoms with Crippen LogP contribution in [0, 0.1) is 0 Å². The van der Waals surface area contributed by atoms with Crippen LogP contribution in [0.2, 0.25) is 6.04 Å². The molecule has 3 heteroatoms. The van der Waals surface area contributed by atoms with E-state index in [1.54, 1.807) is 0 Å². The topological polar surface area (TPSA) is 21.8 Å². The van der Waals surface area contributed by atoms with Crippen LogP contribution in [0.5, 0.6) is 0 Å². The zero-order chi connectivity index (χ0) is 5.82. The molecular formula is C5H12O2Si. The van der Waals surface area contributed by atoms with Crippen LogP contribution in [0.4, 0.5) is 0 Å². The molecule has 1 fully saturated rings. The lowest BCUT2D eigenvalue weighted by Gasteiger charge is -1.95. The highest BCUT2D eigenvalue weighted by molar-refractivity contribution is 6.08. The fraction of sp³-hybridized carbons (Fsp3) is 1.00. The van der Waals surface area contributed by atoms with Gasteiger partial charge in [-0.05, 0) is 6.04 Å². The van der Waals surface area contributed by atoms with Crippen LogP contribution in [-0.2, 0) is 9.47 Å². The van der Waals surface area contributed by atoms with E-state index >= 15 is 0 Å². The second-order valence-electron chi connectivity index (χ2n) is 2.03. The predicted octanol–water partition coefficient (Wildman–Crippen LogP) is -0.815. The zero-order valence-electron chi connectivity index (χ0n) is 5.22. The van der Waals surface area contributed by atoms with E-state index in [1.165, 1.54) is 16.3 Å². The first-order valence-electron chi connectivity index (χ1n) is 3.13. The first-order valence-corrected chi connectivity index (χ1v) is 4.54. The van der Waals surface area contributed by atoms with Gasteiger partial charge >= 0.3 is 0 Å². The molecule has 1 unspecified atom stereocenters. The van der Waals surface area contributed by atoms with E-state index in [1.807, 2.05) is 0 Å². The van der Waals surface area contributed by atoms with Crippen molar-refractivity contribution in [2.24, 2.45) is 0 Å². The van der Waals surface area contributed by atoms with Crippen molar-refractivity contribution in [3.8, 4) is 0 Å². The maximum absolute atomic E-state index is 5.22. The van der Waals surface area contributed by atoms with Gasteiger partial charge in [0, 0.05) is 16.8 Å². The van der Waals surface area contributed by atoms with E-state index in [2.05, 4.69) is 0 Å². The molecule has 2 nitrogen and oxygen atoms in total. The van der Waals surface area contributed by atoms with Crippen LogP contribution in [0.3, 0.4) is 0 Å². The van der Waals surface area contributed by atoms with Gasteiger partial charge < -0.3 is 9.47 Å². The Hall–Kier alpha value is 0.137. The Labute approximate surface area is 52.6 Å². The van der Waals surface area contributed by atoms with Gasteiger partial charge in [-0.25, -0.2) is 0 Å². The summed E-state index contributed by atoms with van der Waals surface area (Å²) in [5.74, 6) is 0. The summed E-state index contributed by atoms with van der Waals surface area (Å²) in [5, 5.41) is 0. The Kier molecular flexibility index (Phi) is 2.52. The highest BCUT2D eigenvalue weighted by Crippen LogP contribution is 2.07. The van der Waals surface area contributed by atoms with E-state index in [9.17, 15) is 0 Å². The van der Waals surface area contributed by atoms with Gasteiger partial charge in [-0.15, -0.1) is 0 Å². The number of epoxide rings is 1. The van der Waals surface area contributed by atoms with Gasteiger partial charge in [0.25, 0.3) is 0 Å². The molecule has 48 valence electrons. The molecule has 0 spiro atoms. The fourth-order valence-electron chi connectivity index (χ4n) is 0.523. The van der Waals surface area contributed by atoms with Gasteiger partial charge in [-0.3, -0.25) is 0 Å². The Morgan fingerprint density at radius 2 is 2.50 bits per heavy atom. The monoisotopic (exact) mass is 132 g/mol. The Morgan fingerprint density at radius 1 is 1.75 bits per heavy atom. The molecule has 0 aromatic carbocycles. The highest BCUT2D eigenvalue weighted by atomic mass is 28.1. The summed E-state index contributed by atoms with van der Waals surface area (Å²) in [5.41, 5.74) is 0. The smallest absolute Gasteiger partial charge is 0.104 e. The normalized spacial score (nSPS) is 26.2. The lowest BCUT2D eigenvalue weighted by atomic mass is 10.5. The fourth-order valence-corrected chi connectivity index (χ4v) is 0.812. The summed E-state index contributed by atoms with van der Waals surface area (Å²) < 4.78 is 10.2. The van der Waals surface area contributed by atoms with Crippen molar-refractivity contribution in [2.45, 2.75) is 12.1 Å². The minimum Gasteiger partial charge on any atom is -0.379 e. The standard InChI is InChI=1S/C5H12O2Si/c8-2-1-6-3-5-4-7-5/h5H,1-4H2,8H3. The first-order chi connectivity index (χ1) is 3.93. The van der Waals surface area contributed by atoms with Crippen molar-refractivity contribution < 1.29 is 9.47 Å². The van der Waals surface area contributed by atoms with Crippen molar-refractivity contribution in [2.75, 3.05) is 19.8 Å². The van der Waals surface area contributed by atoms with Crippen molar-refractivity contribution in [1.29, 1.82) is 0 Å². The number of ether oxygens (including phenoxy) is 2. The Balaban J connectivity index is 1.74. The van der Waals surface area contributed by atoms with E-state index in [0.717, 1.165) is 19.8 Å². The average Bonchev–Trinajstić information content (AvgIpc) is 2.51. The SMILES string of the molecule is [SiH3]CCOCC1CO1. The number of rotatable bonds is 4. The zero-order valence-corrected chi connectivity index (χ0v) is 7.22. The van der Waals surface area contributed by atoms with Gasteiger partial charge in [-0.2, -0.15) is 0 Å². The van der Waals surface area contributed by atoms with Gasteiger partial charge in [-0.1, -0.05) is 0 Å². The molecule has 0 aromatic heterocycles. The minimum atomic E-state index is 0.447. The largest absolute Gasteiger partial charge is 0.379 e. The average molecular weight is 132 g/mol. The van der Waals surface area contributed by atoms with Crippen molar-refractivity contribution >= 4 is 10.2 Å². The highest BCUT2D eigenvalue weighted by Gasteiger charge is 2.21. The third-order valence-corrected chi connectivity index (χ3v) is 1.46. The number of hydrogen-bond donors (Lipinski definition) is 0. The lowest BCUT2D eigenvalue weighted by molar-refractivity contribution is 0.128. The molecule has 1 aliphatic heterocycles. The molecule has 1 atom stereocenters. The molecule has 8 heavy (non-hydrogen) atoms. The molecule has 0 radical (unpaired) electrons. The number of hydrogen-bond acceptors (Lipinski definition) is 2. The molecule has 1 saturated heterocycles. The quantitative estimate of drug-likeness (QED) is 0.283. The second-order valence-corrected chi connectivity index (χ2v) is 3.03. The third-order valence-electron chi connectivity index (χ3n) is 1.05. The van der Waals surface area contributed by atoms with Crippen LogP contribution < -0.4 is 0 Å². The summed E-state index contributed by atoms with van der Waals surface area (Å²) in [7, 11) is 1.25. The van der Waals surface area contributed by atoms with Crippen molar-refractivity contribution in [3.05, 3.63) is 0 Å². The van der Waals surface area contributed by atoms with E-state index in [-0.39, 0.29) is 0 Å². The molecule has 0 aromatic rings. The lowest BCUT2D eigenvalue weighted by Crippen LogP contribution is -2.01. The molecule has 1 aliphatic rings. The predicted molar refractivity (Wildman–Crippen MR) is 35.3 cm³/mol. The van der Waals surface area contributed by atoms with Gasteiger partial charge in [0.05, 0.1) is 13.2 Å². The molecule has 0 amide bonds. The van der Waals surface area contributed by atoms with E-state index in [4.69, 9.17) is 9.47 Å². The second kappa shape index (κ2) is 3.22. The molecule has 0 saturated carbocycles. The van der Waals surface area contributed by atoms with Gasteiger partial charge in [0.15, 0.2) is 0 Å². The molecule has 1 rings (SSSR count). The van der Waals surface area contributed by atoms with Crippen molar-refractivity contribution in [1.82, 2.24) is 0 Å². The minimum absolute atomic E-state index is 0.447. The molecule has 1 heterocycles. The van der Waals surface area contributed by atoms with Gasteiger partial charge in [0.1, 0.15) is 6.10 Å². The summed E-state index contributed by atoms with van der Waals surface area (Å²) in [6.45, 7) is 2.68. The van der Waals surface area contributed by atoms with Crippen LogP contribution >= 0.6 is 0 Å². The molecule has 0 aliphatic carbocycles. The summed E-state index contributed by atoms with van der Waals surface area (Å²) in [6.07, 6.45) is 0.447. The third kappa shape index (κ3) is 2.45. The van der Waals surface area contributed by atoms with Crippen LogP contribution in [0.15, 0.2) is 0 Å². The summed E-state index contributed by atoms with van der Waals surface area (Å²) in [6, 6.07) is 1.24.